The maximum Gasteiger partial charge on any atom is 0.214 e. The third-order valence-electron chi connectivity index (χ3n) is 4.41. The van der Waals surface area contributed by atoms with Crippen molar-refractivity contribution in [1.82, 2.24) is 9.21 Å². The first-order valence-electron chi connectivity index (χ1n) is 7.98. The van der Waals surface area contributed by atoms with Crippen molar-refractivity contribution in [2.75, 3.05) is 38.5 Å². The van der Waals surface area contributed by atoms with E-state index in [4.69, 9.17) is 9.15 Å². The molecule has 2 aliphatic heterocycles. The average Bonchev–Trinajstić information content (AvgIpc) is 3.19. The molecule has 124 valence electrons. The summed E-state index contributed by atoms with van der Waals surface area (Å²) in [6, 6.07) is 3.83. The van der Waals surface area contributed by atoms with Gasteiger partial charge in [0.15, 0.2) is 0 Å². The molecule has 2 fully saturated rings. The summed E-state index contributed by atoms with van der Waals surface area (Å²) in [5.41, 5.74) is 0. The lowest BCUT2D eigenvalue weighted by Gasteiger charge is -2.33. The number of ether oxygens (including phenoxy) is 1. The Bertz CT molecular complexity index is 544. The molecule has 0 aliphatic carbocycles. The number of piperazine rings is 1. The Morgan fingerprint density at radius 1 is 1.23 bits per heavy atom. The van der Waals surface area contributed by atoms with E-state index in [1.165, 1.54) is 0 Å². The van der Waals surface area contributed by atoms with Crippen LogP contribution in [0.5, 0.6) is 0 Å². The van der Waals surface area contributed by atoms with Gasteiger partial charge in [0.05, 0.1) is 24.7 Å². The van der Waals surface area contributed by atoms with E-state index in [1.807, 2.05) is 12.1 Å². The maximum absolute atomic E-state index is 12.4. The van der Waals surface area contributed by atoms with Gasteiger partial charge in [0.2, 0.25) is 10.0 Å². The topological polar surface area (TPSA) is 63.0 Å². The van der Waals surface area contributed by atoms with Crippen LogP contribution in [0, 0.1) is 0 Å². The van der Waals surface area contributed by atoms with Gasteiger partial charge in [-0.15, -0.1) is 0 Å². The van der Waals surface area contributed by atoms with Crippen LogP contribution >= 0.6 is 0 Å². The fraction of sp³-hybridized carbons (Fsp3) is 0.733. The molecule has 7 heteroatoms. The van der Waals surface area contributed by atoms with E-state index >= 15 is 0 Å². The maximum atomic E-state index is 12.4. The first kappa shape index (κ1) is 16.0. The van der Waals surface area contributed by atoms with E-state index in [2.05, 4.69) is 4.90 Å². The summed E-state index contributed by atoms with van der Waals surface area (Å²) in [5.74, 6) is 1.13. The van der Waals surface area contributed by atoms with Crippen molar-refractivity contribution in [3.05, 3.63) is 24.2 Å². The molecule has 3 rings (SSSR count). The van der Waals surface area contributed by atoms with Crippen molar-refractivity contribution in [3.63, 3.8) is 0 Å². The molecule has 22 heavy (non-hydrogen) atoms. The summed E-state index contributed by atoms with van der Waals surface area (Å²) in [6.07, 6.45) is 4.47. The van der Waals surface area contributed by atoms with E-state index in [0.29, 0.717) is 19.5 Å². The normalized spacial score (nSPS) is 24.8. The van der Waals surface area contributed by atoms with Crippen molar-refractivity contribution in [1.29, 1.82) is 0 Å². The van der Waals surface area contributed by atoms with Gasteiger partial charge in [0.25, 0.3) is 0 Å². The average molecular weight is 328 g/mol. The predicted molar refractivity (Wildman–Crippen MR) is 82.9 cm³/mol. The van der Waals surface area contributed by atoms with Crippen LogP contribution in [-0.2, 0) is 21.3 Å². The van der Waals surface area contributed by atoms with Gasteiger partial charge in [-0.05, 0) is 31.4 Å². The highest BCUT2D eigenvalue weighted by atomic mass is 32.2. The molecule has 3 heterocycles. The Balaban J connectivity index is 1.45. The van der Waals surface area contributed by atoms with Crippen LogP contribution in [0.2, 0.25) is 0 Å². The van der Waals surface area contributed by atoms with E-state index in [1.54, 1.807) is 10.6 Å². The molecule has 0 aromatic carbocycles. The molecule has 1 atom stereocenters. The summed E-state index contributed by atoms with van der Waals surface area (Å²) in [4.78, 5) is 2.23. The molecule has 0 bridgehead atoms. The first-order chi connectivity index (χ1) is 10.6. The van der Waals surface area contributed by atoms with Gasteiger partial charge in [0, 0.05) is 32.8 Å². The predicted octanol–water partition coefficient (Wildman–Crippen LogP) is 1.30. The fourth-order valence-electron chi connectivity index (χ4n) is 3.07. The Kier molecular flexibility index (Phi) is 5.18. The smallest absolute Gasteiger partial charge is 0.214 e. The van der Waals surface area contributed by atoms with Gasteiger partial charge in [-0.3, -0.25) is 4.90 Å². The number of sulfonamides is 1. The molecule has 2 aliphatic rings. The molecule has 0 amide bonds. The van der Waals surface area contributed by atoms with Crippen molar-refractivity contribution < 1.29 is 17.6 Å². The van der Waals surface area contributed by atoms with Crippen molar-refractivity contribution >= 4 is 10.0 Å². The Labute approximate surface area is 132 Å². The SMILES string of the molecule is O=S(=O)(CC[C@H]1CCCO1)N1CCN(Cc2ccco2)CC1. The lowest BCUT2D eigenvalue weighted by atomic mass is 10.2. The van der Waals surface area contributed by atoms with E-state index in [0.717, 1.165) is 44.8 Å². The lowest BCUT2D eigenvalue weighted by Crippen LogP contribution is -2.49. The second-order valence-electron chi connectivity index (χ2n) is 5.99. The van der Waals surface area contributed by atoms with Gasteiger partial charge >= 0.3 is 0 Å². The van der Waals surface area contributed by atoms with Gasteiger partial charge in [-0.25, -0.2) is 8.42 Å². The van der Waals surface area contributed by atoms with Crippen molar-refractivity contribution in [3.8, 4) is 0 Å². The first-order valence-corrected chi connectivity index (χ1v) is 9.58. The van der Waals surface area contributed by atoms with Crippen LogP contribution in [0.25, 0.3) is 0 Å². The van der Waals surface area contributed by atoms with Gasteiger partial charge in [0.1, 0.15) is 5.76 Å². The molecular formula is C15H24N2O4S. The lowest BCUT2D eigenvalue weighted by molar-refractivity contribution is 0.108. The number of nitrogens with zero attached hydrogens (tertiary/aromatic N) is 2. The highest BCUT2D eigenvalue weighted by Crippen LogP contribution is 2.18. The summed E-state index contributed by atoms with van der Waals surface area (Å²) in [6.45, 7) is 4.15. The molecule has 1 aromatic heterocycles. The zero-order valence-corrected chi connectivity index (χ0v) is 13.6. The third-order valence-corrected chi connectivity index (χ3v) is 6.31. The standard InChI is InChI=1S/C15H24N2O4S/c18-22(19,12-5-14-3-1-10-20-14)17-8-6-16(7-9-17)13-15-4-2-11-21-15/h2,4,11,14H,1,3,5-10,12-13H2/t14-/m1/s1. The summed E-state index contributed by atoms with van der Waals surface area (Å²) < 4.78 is 37.3. The molecule has 0 N–H and O–H groups in total. The minimum Gasteiger partial charge on any atom is -0.468 e. The van der Waals surface area contributed by atoms with Crippen LogP contribution in [0.15, 0.2) is 22.8 Å². The molecule has 1 aromatic rings. The summed E-state index contributed by atoms with van der Waals surface area (Å²) in [7, 11) is -3.15. The number of rotatable bonds is 6. The zero-order valence-electron chi connectivity index (χ0n) is 12.8. The molecule has 0 radical (unpaired) electrons. The summed E-state index contributed by atoms with van der Waals surface area (Å²) >= 11 is 0. The Morgan fingerprint density at radius 3 is 2.68 bits per heavy atom. The van der Waals surface area contributed by atoms with E-state index in [9.17, 15) is 8.42 Å². The van der Waals surface area contributed by atoms with Crippen LogP contribution in [0.1, 0.15) is 25.0 Å². The number of furan rings is 1. The quantitative estimate of drug-likeness (QED) is 0.787. The van der Waals surface area contributed by atoms with E-state index < -0.39 is 10.0 Å². The highest BCUT2D eigenvalue weighted by Gasteiger charge is 2.28. The van der Waals surface area contributed by atoms with Crippen LogP contribution in [0.4, 0.5) is 0 Å². The molecule has 2 saturated heterocycles. The van der Waals surface area contributed by atoms with Crippen molar-refractivity contribution in [2.45, 2.75) is 31.9 Å². The zero-order chi connectivity index (χ0) is 15.4. The fourth-order valence-corrected chi connectivity index (χ4v) is 4.61. The minimum absolute atomic E-state index is 0.134. The third kappa shape index (κ3) is 4.10. The number of hydrogen-bond acceptors (Lipinski definition) is 5. The summed E-state index contributed by atoms with van der Waals surface area (Å²) in [5, 5.41) is 0. The molecule has 0 spiro atoms. The Morgan fingerprint density at radius 2 is 2.05 bits per heavy atom. The van der Waals surface area contributed by atoms with E-state index in [-0.39, 0.29) is 11.9 Å². The molecule has 6 nitrogen and oxygen atoms in total. The minimum atomic E-state index is -3.15. The number of hydrogen-bond donors (Lipinski definition) is 0. The van der Waals surface area contributed by atoms with Gasteiger partial charge in [-0.1, -0.05) is 0 Å². The van der Waals surface area contributed by atoms with Crippen molar-refractivity contribution in [2.24, 2.45) is 0 Å². The van der Waals surface area contributed by atoms with Crippen LogP contribution < -0.4 is 0 Å². The monoisotopic (exact) mass is 328 g/mol. The molecular weight excluding hydrogens is 304 g/mol. The van der Waals surface area contributed by atoms with Gasteiger partial charge in [-0.2, -0.15) is 4.31 Å². The highest BCUT2D eigenvalue weighted by molar-refractivity contribution is 7.89. The van der Waals surface area contributed by atoms with Gasteiger partial charge < -0.3 is 9.15 Å². The molecule has 0 saturated carbocycles. The van der Waals surface area contributed by atoms with Crippen LogP contribution in [-0.4, -0.2) is 62.3 Å². The molecule has 0 unspecified atom stereocenters. The second kappa shape index (κ2) is 7.12. The Hall–Kier alpha value is -0.890. The van der Waals surface area contributed by atoms with Crippen LogP contribution in [0.3, 0.4) is 0 Å². The largest absolute Gasteiger partial charge is 0.468 e. The second-order valence-corrected chi connectivity index (χ2v) is 8.08.